The molecule has 1 aliphatic carbocycles. The summed E-state index contributed by atoms with van der Waals surface area (Å²) in [6, 6.07) is 1.22. The second-order valence-electron chi connectivity index (χ2n) is 2.88. The van der Waals surface area contributed by atoms with Gasteiger partial charge < -0.3 is 11.1 Å². The third-order valence-electron chi connectivity index (χ3n) is 1.86. The van der Waals surface area contributed by atoms with E-state index in [0.29, 0.717) is 6.04 Å². The molecule has 0 unspecified atom stereocenters. The van der Waals surface area contributed by atoms with Gasteiger partial charge in [-0.15, -0.1) is 0 Å². The lowest BCUT2D eigenvalue weighted by Gasteiger charge is -2.33. The van der Waals surface area contributed by atoms with Gasteiger partial charge in [0.15, 0.2) is 0 Å². The molecular formula is C7H16N2. The van der Waals surface area contributed by atoms with Crippen LogP contribution in [0.4, 0.5) is 0 Å². The van der Waals surface area contributed by atoms with Gasteiger partial charge in [-0.3, -0.25) is 0 Å². The predicted octanol–water partition coefficient (Wildman–Crippen LogP) is 0.476. The number of nitrogens with two attached hydrogens (primary N) is 1. The van der Waals surface area contributed by atoms with Crippen LogP contribution in [0.2, 0.25) is 0 Å². The minimum absolute atomic E-state index is 0.486. The summed E-state index contributed by atoms with van der Waals surface area (Å²) in [6.45, 7) is 3.34. The fraction of sp³-hybridized carbons (Fsp3) is 1.00. The number of hydrogen-bond donors (Lipinski definition) is 2. The summed E-state index contributed by atoms with van der Waals surface area (Å²) in [6.07, 6.45) is 3.59. The van der Waals surface area contributed by atoms with E-state index in [-0.39, 0.29) is 0 Å². The van der Waals surface area contributed by atoms with Crippen molar-refractivity contribution in [2.24, 2.45) is 5.73 Å². The van der Waals surface area contributed by atoms with Crippen molar-refractivity contribution in [3.05, 3.63) is 0 Å². The molecule has 0 bridgehead atoms. The van der Waals surface area contributed by atoms with Crippen LogP contribution in [-0.4, -0.2) is 18.6 Å². The van der Waals surface area contributed by atoms with Gasteiger partial charge in [0.05, 0.1) is 0 Å². The molecule has 54 valence electrons. The molecule has 0 atom stereocenters. The summed E-state index contributed by atoms with van der Waals surface area (Å²) in [4.78, 5) is 0. The second-order valence-corrected chi connectivity index (χ2v) is 2.88. The molecule has 1 fully saturated rings. The van der Waals surface area contributed by atoms with Crippen LogP contribution in [-0.2, 0) is 0 Å². The number of hydrogen-bond acceptors (Lipinski definition) is 2. The van der Waals surface area contributed by atoms with Crippen LogP contribution in [0.15, 0.2) is 0 Å². The summed E-state index contributed by atoms with van der Waals surface area (Å²) in [7, 11) is 0. The summed E-state index contributed by atoms with van der Waals surface area (Å²) in [5.41, 5.74) is 5.60. The van der Waals surface area contributed by atoms with Gasteiger partial charge in [-0.25, -0.2) is 0 Å². The van der Waals surface area contributed by atoms with Crippen molar-refractivity contribution in [3.8, 4) is 0 Å². The molecule has 0 spiro atoms. The van der Waals surface area contributed by atoms with Crippen LogP contribution >= 0.6 is 0 Å². The Labute approximate surface area is 56.8 Å². The number of rotatable bonds is 3. The van der Waals surface area contributed by atoms with Gasteiger partial charge in [0.1, 0.15) is 0 Å². The van der Waals surface area contributed by atoms with E-state index in [1.54, 1.807) is 0 Å². The topological polar surface area (TPSA) is 38.0 Å². The average molecular weight is 128 g/mol. The van der Waals surface area contributed by atoms with Crippen molar-refractivity contribution in [2.75, 3.05) is 6.54 Å². The van der Waals surface area contributed by atoms with Crippen LogP contribution < -0.4 is 11.1 Å². The fourth-order valence-electron chi connectivity index (χ4n) is 1.18. The molecule has 3 N–H and O–H groups in total. The molecule has 1 saturated carbocycles. The van der Waals surface area contributed by atoms with Gasteiger partial charge in [-0.05, 0) is 25.8 Å². The van der Waals surface area contributed by atoms with Gasteiger partial charge in [-0.2, -0.15) is 0 Å². The number of nitrogens with one attached hydrogen (secondary N) is 1. The SMILES string of the molecule is CCCNC1CC(N)C1. The van der Waals surface area contributed by atoms with Crippen LogP contribution in [0.25, 0.3) is 0 Å². The van der Waals surface area contributed by atoms with Crippen molar-refractivity contribution in [3.63, 3.8) is 0 Å². The van der Waals surface area contributed by atoms with Crippen molar-refractivity contribution in [1.82, 2.24) is 5.32 Å². The molecule has 1 aliphatic rings. The molecule has 0 heterocycles. The first-order valence-electron chi connectivity index (χ1n) is 3.82. The van der Waals surface area contributed by atoms with Crippen LogP contribution in [0.1, 0.15) is 26.2 Å². The molecular weight excluding hydrogens is 112 g/mol. The maximum Gasteiger partial charge on any atom is 0.00965 e. The van der Waals surface area contributed by atoms with E-state index in [4.69, 9.17) is 5.73 Å². The van der Waals surface area contributed by atoms with Gasteiger partial charge in [0.25, 0.3) is 0 Å². The van der Waals surface area contributed by atoms with Gasteiger partial charge in [0.2, 0.25) is 0 Å². The maximum atomic E-state index is 5.60. The monoisotopic (exact) mass is 128 g/mol. The molecule has 0 aliphatic heterocycles. The van der Waals surface area contributed by atoms with E-state index < -0.39 is 0 Å². The zero-order chi connectivity index (χ0) is 6.69. The molecule has 0 amide bonds. The zero-order valence-electron chi connectivity index (χ0n) is 6.06. The second kappa shape index (κ2) is 3.18. The Hall–Kier alpha value is -0.0800. The van der Waals surface area contributed by atoms with Gasteiger partial charge >= 0.3 is 0 Å². The van der Waals surface area contributed by atoms with Crippen LogP contribution in [0.5, 0.6) is 0 Å². The van der Waals surface area contributed by atoms with Crippen molar-refractivity contribution >= 4 is 0 Å². The fourth-order valence-corrected chi connectivity index (χ4v) is 1.18. The maximum absolute atomic E-state index is 5.60. The Kier molecular flexibility index (Phi) is 2.49. The van der Waals surface area contributed by atoms with Gasteiger partial charge in [-0.1, -0.05) is 6.92 Å². The minimum atomic E-state index is 0.486. The molecule has 2 nitrogen and oxygen atoms in total. The summed E-state index contributed by atoms with van der Waals surface area (Å²) < 4.78 is 0. The molecule has 0 aromatic heterocycles. The van der Waals surface area contributed by atoms with E-state index in [1.807, 2.05) is 0 Å². The third-order valence-corrected chi connectivity index (χ3v) is 1.86. The average Bonchev–Trinajstić information content (AvgIpc) is 1.78. The molecule has 2 heteroatoms. The Balaban J connectivity index is 1.91. The molecule has 0 saturated heterocycles. The zero-order valence-corrected chi connectivity index (χ0v) is 6.06. The molecule has 1 rings (SSSR count). The van der Waals surface area contributed by atoms with Crippen molar-refractivity contribution in [1.29, 1.82) is 0 Å². The Morgan fingerprint density at radius 3 is 2.67 bits per heavy atom. The van der Waals surface area contributed by atoms with Crippen molar-refractivity contribution < 1.29 is 0 Å². The van der Waals surface area contributed by atoms with E-state index in [1.165, 1.54) is 19.3 Å². The quantitative estimate of drug-likeness (QED) is 0.580. The highest BCUT2D eigenvalue weighted by atomic mass is 14.9. The lowest BCUT2D eigenvalue weighted by Crippen LogP contribution is -2.48. The summed E-state index contributed by atoms with van der Waals surface area (Å²) in [5.74, 6) is 0. The lowest BCUT2D eigenvalue weighted by molar-refractivity contribution is 0.293. The summed E-state index contributed by atoms with van der Waals surface area (Å²) in [5, 5.41) is 3.42. The van der Waals surface area contributed by atoms with Crippen LogP contribution in [0, 0.1) is 0 Å². The Morgan fingerprint density at radius 1 is 1.56 bits per heavy atom. The lowest BCUT2D eigenvalue weighted by atomic mass is 9.88. The third kappa shape index (κ3) is 1.95. The first-order valence-corrected chi connectivity index (χ1v) is 3.82. The smallest absolute Gasteiger partial charge is 0.00965 e. The van der Waals surface area contributed by atoms with E-state index >= 15 is 0 Å². The largest absolute Gasteiger partial charge is 0.328 e. The minimum Gasteiger partial charge on any atom is -0.328 e. The molecule has 0 aromatic carbocycles. The molecule has 9 heavy (non-hydrogen) atoms. The Morgan fingerprint density at radius 2 is 2.22 bits per heavy atom. The highest BCUT2D eigenvalue weighted by Gasteiger charge is 2.24. The van der Waals surface area contributed by atoms with Crippen molar-refractivity contribution in [2.45, 2.75) is 38.3 Å². The highest BCUT2D eigenvalue weighted by Crippen LogP contribution is 2.16. The normalized spacial score (nSPS) is 34.0. The van der Waals surface area contributed by atoms with Gasteiger partial charge in [0, 0.05) is 12.1 Å². The standard InChI is InChI=1S/C7H16N2/c1-2-3-9-7-4-6(8)5-7/h6-7,9H,2-5,8H2,1H3. The van der Waals surface area contributed by atoms with E-state index in [0.717, 1.165) is 12.6 Å². The van der Waals surface area contributed by atoms with Crippen LogP contribution in [0.3, 0.4) is 0 Å². The Bertz CT molecular complexity index is 77.0. The van der Waals surface area contributed by atoms with E-state index in [9.17, 15) is 0 Å². The predicted molar refractivity (Wildman–Crippen MR) is 39.3 cm³/mol. The highest BCUT2D eigenvalue weighted by molar-refractivity contribution is 4.87. The first-order chi connectivity index (χ1) is 4.33. The van der Waals surface area contributed by atoms with E-state index in [2.05, 4.69) is 12.2 Å². The first kappa shape index (κ1) is 7.03. The molecule has 0 radical (unpaired) electrons. The summed E-state index contributed by atoms with van der Waals surface area (Å²) >= 11 is 0. The molecule has 0 aromatic rings.